The van der Waals surface area contributed by atoms with Gasteiger partial charge in [0.1, 0.15) is 0 Å². The fourth-order valence-electron chi connectivity index (χ4n) is 2.78. The number of likely N-dealkylation sites (tertiary alicyclic amines) is 1. The molecule has 2 heterocycles. The average molecular weight is 212 g/mol. The summed E-state index contributed by atoms with van der Waals surface area (Å²) in [6.07, 6.45) is 6.60. The van der Waals surface area contributed by atoms with E-state index < -0.39 is 0 Å². The molecule has 2 atom stereocenters. The lowest BCUT2D eigenvalue weighted by atomic mass is 9.99. The number of hydrogen-bond acceptors (Lipinski definition) is 3. The lowest BCUT2D eigenvalue weighted by Gasteiger charge is -2.35. The smallest absolute Gasteiger partial charge is 0.0495 e. The normalized spacial score (nSPS) is 33.4. The lowest BCUT2D eigenvalue weighted by molar-refractivity contribution is 0.136. The zero-order valence-electron chi connectivity index (χ0n) is 9.66. The number of piperidine rings is 1. The van der Waals surface area contributed by atoms with Gasteiger partial charge in [-0.2, -0.15) is 0 Å². The molecule has 2 fully saturated rings. The van der Waals surface area contributed by atoms with E-state index in [1.54, 1.807) is 0 Å². The van der Waals surface area contributed by atoms with Crippen LogP contribution in [0, 0.1) is 5.92 Å². The average Bonchev–Trinajstić information content (AvgIpc) is 2.79. The number of nitrogens with zero attached hydrogens (tertiary/aromatic N) is 1. The maximum atomic E-state index is 5.81. The molecule has 2 saturated heterocycles. The van der Waals surface area contributed by atoms with Gasteiger partial charge in [0.25, 0.3) is 0 Å². The SMILES string of the molecule is NCC1CCCCN1CCC1CCOC1. The van der Waals surface area contributed by atoms with Crippen molar-refractivity contribution in [2.24, 2.45) is 11.7 Å². The zero-order chi connectivity index (χ0) is 10.5. The molecule has 3 nitrogen and oxygen atoms in total. The highest BCUT2D eigenvalue weighted by molar-refractivity contribution is 4.78. The predicted octanol–water partition coefficient (Wildman–Crippen LogP) is 1.23. The Bertz CT molecular complexity index is 180. The first-order valence-corrected chi connectivity index (χ1v) is 6.42. The van der Waals surface area contributed by atoms with Crippen LogP contribution in [0.5, 0.6) is 0 Å². The summed E-state index contributed by atoms with van der Waals surface area (Å²) in [5.41, 5.74) is 5.81. The van der Waals surface area contributed by atoms with Crippen LogP contribution in [0.1, 0.15) is 32.1 Å². The summed E-state index contributed by atoms with van der Waals surface area (Å²) in [7, 11) is 0. The van der Waals surface area contributed by atoms with Crippen LogP contribution < -0.4 is 5.73 Å². The fourth-order valence-corrected chi connectivity index (χ4v) is 2.78. The fraction of sp³-hybridized carbons (Fsp3) is 1.00. The minimum absolute atomic E-state index is 0.654. The van der Waals surface area contributed by atoms with Gasteiger partial charge >= 0.3 is 0 Å². The molecule has 0 spiro atoms. The Morgan fingerprint density at radius 3 is 2.93 bits per heavy atom. The van der Waals surface area contributed by atoms with E-state index in [4.69, 9.17) is 10.5 Å². The van der Waals surface area contributed by atoms with E-state index in [2.05, 4.69) is 4.90 Å². The molecule has 2 aliphatic rings. The Kier molecular flexibility index (Phi) is 4.42. The summed E-state index contributed by atoms with van der Waals surface area (Å²) in [5, 5.41) is 0. The van der Waals surface area contributed by atoms with E-state index >= 15 is 0 Å². The van der Waals surface area contributed by atoms with Crippen molar-refractivity contribution in [2.75, 3.05) is 32.8 Å². The molecule has 0 radical (unpaired) electrons. The molecule has 3 heteroatoms. The molecule has 0 amide bonds. The van der Waals surface area contributed by atoms with Gasteiger partial charge in [0.2, 0.25) is 0 Å². The van der Waals surface area contributed by atoms with E-state index in [9.17, 15) is 0 Å². The zero-order valence-corrected chi connectivity index (χ0v) is 9.66. The monoisotopic (exact) mass is 212 g/mol. The molecule has 2 aliphatic heterocycles. The highest BCUT2D eigenvalue weighted by Crippen LogP contribution is 2.20. The van der Waals surface area contributed by atoms with E-state index in [-0.39, 0.29) is 0 Å². The molecule has 0 aromatic rings. The molecule has 0 bridgehead atoms. The highest BCUT2D eigenvalue weighted by atomic mass is 16.5. The molecular weight excluding hydrogens is 188 g/mol. The minimum Gasteiger partial charge on any atom is -0.381 e. The van der Waals surface area contributed by atoms with Crippen LogP contribution in [0.4, 0.5) is 0 Å². The number of rotatable bonds is 4. The van der Waals surface area contributed by atoms with Gasteiger partial charge in [0.15, 0.2) is 0 Å². The van der Waals surface area contributed by atoms with Gasteiger partial charge in [-0.25, -0.2) is 0 Å². The van der Waals surface area contributed by atoms with Crippen molar-refractivity contribution >= 4 is 0 Å². The van der Waals surface area contributed by atoms with Crippen molar-refractivity contribution in [1.29, 1.82) is 0 Å². The van der Waals surface area contributed by atoms with Crippen LogP contribution in [0.2, 0.25) is 0 Å². The maximum absolute atomic E-state index is 5.81. The third-order valence-corrected chi connectivity index (χ3v) is 3.87. The molecule has 88 valence electrons. The Hall–Kier alpha value is -0.120. The van der Waals surface area contributed by atoms with Crippen LogP contribution in [-0.4, -0.2) is 43.8 Å². The van der Waals surface area contributed by atoms with E-state index in [1.165, 1.54) is 45.2 Å². The Morgan fingerprint density at radius 2 is 2.20 bits per heavy atom. The molecule has 2 unspecified atom stereocenters. The van der Waals surface area contributed by atoms with E-state index in [1.807, 2.05) is 0 Å². The summed E-state index contributed by atoms with van der Waals surface area (Å²) in [4.78, 5) is 2.60. The number of hydrogen-bond donors (Lipinski definition) is 1. The second kappa shape index (κ2) is 5.83. The summed E-state index contributed by atoms with van der Waals surface area (Å²) in [6, 6.07) is 0.654. The Labute approximate surface area is 93.0 Å². The van der Waals surface area contributed by atoms with Gasteiger partial charge in [0, 0.05) is 25.8 Å². The van der Waals surface area contributed by atoms with Crippen LogP contribution in [0.25, 0.3) is 0 Å². The second-order valence-corrected chi connectivity index (χ2v) is 4.94. The van der Waals surface area contributed by atoms with Crippen LogP contribution in [0.3, 0.4) is 0 Å². The summed E-state index contributed by atoms with van der Waals surface area (Å²) < 4.78 is 5.41. The predicted molar refractivity (Wildman–Crippen MR) is 61.8 cm³/mol. The summed E-state index contributed by atoms with van der Waals surface area (Å²) in [6.45, 7) is 5.29. The van der Waals surface area contributed by atoms with E-state index in [0.29, 0.717) is 6.04 Å². The standard InChI is InChI=1S/C12H24N2O/c13-9-12-3-1-2-6-14(12)7-4-11-5-8-15-10-11/h11-12H,1-10,13H2. The first-order chi connectivity index (χ1) is 7.40. The van der Waals surface area contributed by atoms with Gasteiger partial charge in [-0.05, 0) is 44.7 Å². The molecule has 0 aliphatic carbocycles. The lowest BCUT2D eigenvalue weighted by Crippen LogP contribution is -2.44. The van der Waals surface area contributed by atoms with Crippen LogP contribution >= 0.6 is 0 Å². The van der Waals surface area contributed by atoms with Crippen molar-refractivity contribution in [3.63, 3.8) is 0 Å². The van der Waals surface area contributed by atoms with Crippen molar-refractivity contribution in [2.45, 2.75) is 38.1 Å². The van der Waals surface area contributed by atoms with Gasteiger partial charge < -0.3 is 10.5 Å². The molecular formula is C12H24N2O. The first-order valence-electron chi connectivity index (χ1n) is 6.42. The van der Waals surface area contributed by atoms with Gasteiger partial charge in [-0.1, -0.05) is 6.42 Å². The van der Waals surface area contributed by atoms with Crippen molar-refractivity contribution < 1.29 is 4.74 Å². The summed E-state index contributed by atoms with van der Waals surface area (Å²) in [5.74, 6) is 0.811. The van der Waals surface area contributed by atoms with Crippen molar-refractivity contribution in [1.82, 2.24) is 4.90 Å². The van der Waals surface area contributed by atoms with Crippen LogP contribution in [0.15, 0.2) is 0 Å². The molecule has 2 N–H and O–H groups in total. The number of nitrogens with two attached hydrogens (primary N) is 1. The molecule has 15 heavy (non-hydrogen) atoms. The van der Waals surface area contributed by atoms with Crippen molar-refractivity contribution in [3.05, 3.63) is 0 Å². The molecule has 0 aromatic heterocycles. The van der Waals surface area contributed by atoms with E-state index in [0.717, 1.165) is 25.7 Å². The molecule has 2 rings (SSSR count). The second-order valence-electron chi connectivity index (χ2n) is 4.94. The third-order valence-electron chi connectivity index (χ3n) is 3.87. The minimum atomic E-state index is 0.654. The van der Waals surface area contributed by atoms with Crippen LogP contribution in [-0.2, 0) is 4.74 Å². The Morgan fingerprint density at radius 1 is 1.27 bits per heavy atom. The molecule has 0 saturated carbocycles. The van der Waals surface area contributed by atoms with Gasteiger partial charge in [-0.3, -0.25) is 4.90 Å². The third kappa shape index (κ3) is 3.16. The topological polar surface area (TPSA) is 38.5 Å². The Balaban J connectivity index is 1.71. The first kappa shape index (κ1) is 11.4. The quantitative estimate of drug-likeness (QED) is 0.761. The molecule has 0 aromatic carbocycles. The summed E-state index contributed by atoms with van der Waals surface area (Å²) >= 11 is 0. The van der Waals surface area contributed by atoms with Crippen molar-refractivity contribution in [3.8, 4) is 0 Å². The largest absolute Gasteiger partial charge is 0.381 e. The number of ether oxygens (including phenoxy) is 1. The van der Waals surface area contributed by atoms with Gasteiger partial charge in [0.05, 0.1) is 0 Å². The van der Waals surface area contributed by atoms with Gasteiger partial charge in [-0.15, -0.1) is 0 Å². The highest BCUT2D eigenvalue weighted by Gasteiger charge is 2.23. The maximum Gasteiger partial charge on any atom is 0.0495 e.